The van der Waals surface area contributed by atoms with Gasteiger partial charge in [-0.05, 0) is 51.3 Å². The van der Waals surface area contributed by atoms with E-state index in [9.17, 15) is 4.79 Å². The first kappa shape index (κ1) is 12.6. The van der Waals surface area contributed by atoms with Crippen molar-refractivity contribution >= 4 is 5.91 Å². The summed E-state index contributed by atoms with van der Waals surface area (Å²) in [6, 6.07) is 4.33. The molecule has 0 aliphatic carbocycles. The van der Waals surface area contributed by atoms with Crippen molar-refractivity contribution in [1.82, 2.24) is 15.2 Å². The van der Waals surface area contributed by atoms with Crippen LogP contribution in [-0.4, -0.2) is 41.5 Å². The fourth-order valence-electron chi connectivity index (χ4n) is 3.30. The molecule has 1 N–H and O–H groups in total. The third-order valence-corrected chi connectivity index (χ3v) is 4.34. The molecule has 0 radical (unpaired) electrons. The summed E-state index contributed by atoms with van der Waals surface area (Å²) < 4.78 is 0. The molecule has 0 spiro atoms. The van der Waals surface area contributed by atoms with Gasteiger partial charge in [0.2, 0.25) is 0 Å². The fraction of sp³-hybridized carbons (Fsp3) is 0.600. The zero-order chi connectivity index (χ0) is 13.4. The van der Waals surface area contributed by atoms with E-state index in [1.807, 2.05) is 30.9 Å². The number of piperidine rings is 1. The number of hydrogen-bond acceptors (Lipinski definition) is 3. The van der Waals surface area contributed by atoms with E-state index in [1.165, 1.54) is 12.8 Å². The SMILES string of the molecule is Cc1ccc(C(=O)N2CC3CCCNC3C2)c(C)n1. The Balaban J connectivity index is 1.77. The van der Waals surface area contributed by atoms with Gasteiger partial charge in [0.25, 0.3) is 5.91 Å². The van der Waals surface area contributed by atoms with Gasteiger partial charge in [-0.3, -0.25) is 9.78 Å². The molecule has 3 heterocycles. The van der Waals surface area contributed by atoms with Gasteiger partial charge < -0.3 is 10.2 Å². The first-order valence-electron chi connectivity index (χ1n) is 7.12. The number of fused-ring (bicyclic) bond motifs is 1. The predicted octanol–water partition coefficient (Wildman–Crippen LogP) is 1.52. The van der Waals surface area contributed by atoms with Crippen molar-refractivity contribution in [2.45, 2.75) is 32.7 Å². The van der Waals surface area contributed by atoms with Crippen LogP contribution in [0.5, 0.6) is 0 Å². The quantitative estimate of drug-likeness (QED) is 0.831. The normalized spacial score (nSPS) is 26.3. The van der Waals surface area contributed by atoms with Crippen molar-refractivity contribution in [1.29, 1.82) is 0 Å². The van der Waals surface area contributed by atoms with Crippen LogP contribution in [0.4, 0.5) is 0 Å². The second-order valence-electron chi connectivity index (χ2n) is 5.76. The molecule has 2 unspecified atom stereocenters. The molecule has 4 nitrogen and oxygen atoms in total. The molecule has 4 heteroatoms. The molecule has 2 fully saturated rings. The van der Waals surface area contributed by atoms with Crippen molar-refractivity contribution in [3.05, 3.63) is 29.1 Å². The lowest BCUT2D eigenvalue weighted by atomic mass is 9.94. The zero-order valence-corrected chi connectivity index (χ0v) is 11.6. The Morgan fingerprint density at radius 1 is 1.37 bits per heavy atom. The maximum Gasteiger partial charge on any atom is 0.255 e. The highest BCUT2D eigenvalue weighted by atomic mass is 16.2. The summed E-state index contributed by atoms with van der Waals surface area (Å²) in [4.78, 5) is 19.0. The molecule has 1 aromatic heterocycles. The number of likely N-dealkylation sites (tertiary alicyclic amines) is 1. The summed E-state index contributed by atoms with van der Waals surface area (Å²) in [6.07, 6.45) is 2.47. The zero-order valence-electron chi connectivity index (χ0n) is 11.6. The van der Waals surface area contributed by atoms with Gasteiger partial charge >= 0.3 is 0 Å². The molecule has 102 valence electrons. The average Bonchev–Trinajstić information content (AvgIpc) is 2.81. The molecule has 2 aliphatic heterocycles. The van der Waals surface area contributed by atoms with E-state index in [2.05, 4.69) is 10.3 Å². The van der Waals surface area contributed by atoms with Gasteiger partial charge in [0, 0.05) is 24.8 Å². The summed E-state index contributed by atoms with van der Waals surface area (Å²) in [5, 5.41) is 3.53. The number of carbonyl (C=O) groups excluding carboxylic acids is 1. The second-order valence-corrected chi connectivity index (χ2v) is 5.76. The molecule has 2 atom stereocenters. The monoisotopic (exact) mass is 259 g/mol. The third kappa shape index (κ3) is 2.37. The number of pyridine rings is 1. The molecule has 1 aromatic rings. The molecule has 0 aromatic carbocycles. The Bertz CT molecular complexity index is 486. The molecule has 2 aliphatic rings. The van der Waals surface area contributed by atoms with E-state index in [0.29, 0.717) is 12.0 Å². The Labute approximate surface area is 114 Å². The Hall–Kier alpha value is -1.42. The van der Waals surface area contributed by atoms with Crippen LogP contribution in [0.2, 0.25) is 0 Å². The Kier molecular flexibility index (Phi) is 3.27. The highest BCUT2D eigenvalue weighted by Gasteiger charge is 2.36. The Morgan fingerprint density at radius 2 is 2.21 bits per heavy atom. The number of carbonyl (C=O) groups is 1. The number of rotatable bonds is 1. The van der Waals surface area contributed by atoms with E-state index in [4.69, 9.17) is 0 Å². The standard InChI is InChI=1S/C15H21N3O/c1-10-5-6-13(11(2)17-10)15(19)18-8-12-4-3-7-16-14(12)9-18/h5-6,12,14,16H,3-4,7-9H2,1-2H3. The van der Waals surface area contributed by atoms with Crippen LogP contribution in [0.1, 0.15) is 34.6 Å². The van der Waals surface area contributed by atoms with Crippen LogP contribution in [0.15, 0.2) is 12.1 Å². The van der Waals surface area contributed by atoms with Crippen molar-refractivity contribution in [2.75, 3.05) is 19.6 Å². The first-order chi connectivity index (χ1) is 9.15. The minimum Gasteiger partial charge on any atom is -0.337 e. The van der Waals surface area contributed by atoms with Gasteiger partial charge in [-0.15, -0.1) is 0 Å². The van der Waals surface area contributed by atoms with Gasteiger partial charge in [0.15, 0.2) is 0 Å². The molecule has 3 rings (SSSR count). The van der Waals surface area contributed by atoms with Gasteiger partial charge in [0.1, 0.15) is 0 Å². The Morgan fingerprint density at radius 3 is 2.95 bits per heavy atom. The maximum absolute atomic E-state index is 12.6. The molecule has 2 saturated heterocycles. The van der Waals surface area contributed by atoms with Crippen molar-refractivity contribution in [3.63, 3.8) is 0 Å². The van der Waals surface area contributed by atoms with E-state index < -0.39 is 0 Å². The second kappa shape index (κ2) is 4.93. The van der Waals surface area contributed by atoms with E-state index in [-0.39, 0.29) is 5.91 Å². The third-order valence-electron chi connectivity index (χ3n) is 4.34. The lowest BCUT2D eigenvalue weighted by Crippen LogP contribution is -2.41. The lowest BCUT2D eigenvalue weighted by molar-refractivity contribution is 0.0784. The highest BCUT2D eigenvalue weighted by Crippen LogP contribution is 2.26. The van der Waals surface area contributed by atoms with Crippen LogP contribution < -0.4 is 5.32 Å². The smallest absolute Gasteiger partial charge is 0.255 e. The number of nitrogens with one attached hydrogen (secondary N) is 1. The minimum atomic E-state index is 0.140. The van der Waals surface area contributed by atoms with E-state index in [1.54, 1.807) is 0 Å². The van der Waals surface area contributed by atoms with Crippen molar-refractivity contribution < 1.29 is 4.79 Å². The summed E-state index contributed by atoms with van der Waals surface area (Å²) >= 11 is 0. The number of hydrogen-bond donors (Lipinski definition) is 1. The number of nitrogens with zero attached hydrogens (tertiary/aromatic N) is 2. The average molecular weight is 259 g/mol. The van der Waals surface area contributed by atoms with Gasteiger partial charge in [-0.1, -0.05) is 0 Å². The summed E-state index contributed by atoms with van der Waals surface area (Å²) in [7, 11) is 0. The lowest BCUT2D eigenvalue weighted by Gasteiger charge is -2.24. The van der Waals surface area contributed by atoms with Crippen molar-refractivity contribution in [2.24, 2.45) is 5.92 Å². The molecular weight excluding hydrogens is 238 g/mol. The molecule has 0 bridgehead atoms. The predicted molar refractivity (Wildman–Crippen MR) is 74.1 cm³/mol. The van der Waals surface area contributed by atoms with Gasteiger partial charge in [-0.25, -0.2) is 0 Å². The van der Waals surface area contributed by atoms with E-state index in [0.717, 1.165) is 36.6 Å². The first-order valence-corrected chi connectivity index (χ1v) is 7.12. The largest absolute Gasteiger partial charge is 0.337 e. The maximum atomic E-state index is 12.6. The molecule has 19 heavy (non-hydrogen) atoms. The van der Waals surface area contributed by atoms with Crippen molar-refractivity contribution in [3.8, 4) is 0 Å². The summed E-state index contributed by atoms with van der Waals surface area (Å²) in [5.74, 6) is 0.776. The van der Waals surface area contributed by atoms with E-state index >= 15 is 0 Å². The van der Waals surface area contributed by atoms with Crippen LogP contribution >= 0.6 is 0 Å². The van der Waals surface area contributed by atoms with Gasteiger partial charge in [0.05, 0.1) is 11.3 Å². The fourth-order valence-corrected chi connectivity index (χ4v) is 3.30. The minimum absolute atomic E-state index is 0.140. The molecule has 0 saturated carbocycles. The number of aromatic nitrogens is 1. The summed E-state index contributed by atoms with van der Waals surface area (Å²) in [6.45, 7) is 6.70. The molecular formula is C15H21N3O. The highest BCUT2D eigenvalue weighted by molar-refractivity contribution is 5.95. The topological polar surface area (TPSA) is 45.2 Å². The van der Waals surface area contributed by atoms with Crippen LogP contribution in [-0.2, 0) is 0 Å². The number of aryl methyl sites for hydroxylation is 2. The summed E-state index contributed by atoms with van der Waals surface area (Å²) in [5.41, 5.74) is 2.56. The van der Waals surface area contributed by atoms with Gasteiger partial charge in [-0.2, -0.15) is 0 Å². The van der Waals surface area contributed by atoms with Crippen LogP contribution in [0, 0.1) is 19.8 Å². The molecule has 1 amide bonds. The number of amides is 1. The van der Waals surface area contributed by atoms with Crippen LogP contribution in [0.3, 0.4) is 0 Å². The van der Waals surface area contributed by atoms with Crippen LogP contribution in [0.25, 0.3) is 0 Å².